The Balaban J connectivity index is 1.71. The van der Waals surface area contributed by atoms with Gasteiger partial charge in [0.05, 0.1) is 25.3 Å². The Labute approximate surface area is 206 Å². The molecular formula is C24H22N2O7S2. The molecule has 2 heterocycles. The van der Waals surface area contributed by atoms with E-state index in [1.54, 1.807) is 11.4 Å². The predicted octanol–water partition coefficient (Wildman–Crippen LogP) is 3.08. The number of rotatable bonds is 6. The normalized spacial score (nSPS) is 15.7. The number of esters is 2. The fraction of sp³-hybridized carbons (Fsp3) is 0.208. The number of anilines is 1. The van der Waals surface area contributed by atoms with E-state index in [0.29, 0.717) is 0 Å². The summed E-state index contributed by atoms with van der Waals surface area (Å²) in [6.45, 7) is 0.0318. The number of benzene rings is 2. The third kappa shape index (κ3) is 4.97. The maximum absolute atomic E-state index is 13.5. The molecule has 1 N–H and O–H groups in total. The van der Waals surface area contributed by atoms with Crippen LogP contribution in [0.25, 0.3) is 0 Å². The lowest BCUT2D eigenvalue weighted by molar-refractivity contribution is -0.120. The summed E-state index contributed by atoms with van der Waals surface area (Å²) in [7, 11) is -1.57. The second-order valence-corrected chi connectivity index (χ2v) is 10.8. The van der Waals surface area contributed by atoms with Crippen molar-refractivity contribution < 1.29 is 32.3 Å². The van der Waals surface area contributed by atoms with E-state index in [2.05, 4.69) is 5.32 Å². The van der Waals surface area contributed by atoms with Crippen molar-refractivity contribution in [3.8, 4) is 0 Å². The molecule has 0 spiro atoms. The van der Waals surface area contributed by atoms with E-state index in [1.807, 2.05) is 24.3 Å². The molecule has 4 rings (SSSR count). The maximum Gasteiger partial charge on any atom is 0.337 e. The first-order chi connectivity index (χ1) is 16.7. The smallest absolute Gasteiger partial charge is 0.337 e. The van der Waals surface area contributed by atoms with E-state index in [1.165, 1.54) is 42.8 Å². The van der Waals surface area contributed by atoms with Crippen molar-refractivity contribution >= 4 is 44.9 Å². The minimum atomic E-state index is -3.96. The number of hydrogen-bond donors (Lipinski definition) is 1. The van der Waals surface area contributed by atoms with Crippen LogP contribution in [0.2, 0.25) is 0 Å². The highest BCUT2D eigenvalue weighted by Gasteiger charge is 2.40. The molecule has 1 aliphatic heterocycles. The molecule has 1 atom stereocenters. The number of nitrogens with zero attached hydrogens (tertiary/aromatic N) is 1. The van der Waals surface area contributed by atoms with E-state index in [9.17, 15) is 22.8 Å². The number of hydrogen-bond acceptors (Lipinski definition) is 8. The van der Waals surface area contributed by atoms with Gasteiger partial charge in [0.25, 0.3) is 10.0 Å². The molecule has 0 bridgehead atoms. The molecule has 0 fully saturated rings. The highest BCUT2D eigenvalue weighted by molar-refractivity contribution is 7.91. The first-order valence-electron chi connectivity index (χ1n) is 10.5. The van der Waals surface area contributed by atoms with Crippen LogP contribution in [0.4, 0.5) is 5.69 Å². The van der Waals surface area contributed by atoms with Crippen LogP contribution in [-0.2, 0) is 37.3 Å². The molecule has 3 aromatic rings. The van der Waals surface area contributed by atoms with Gasteiger partial charge in [-0.15, -0.1) is 11.3 Å². The number of carbonyl (C=O) groups is 3. The second-order valence-electron chi connectivity index (χ2n) is 7.74. The second kappa shape index (κ2) is 9.98. The van der Waals surface area contributed by atoms with Gasteiger partial charge in [0.2, 0.25) is 5.91 Å². The van der Waals surface area contributed by atoms with E-state index in [-0.39, 0.29) is 34.0 Å². The fourth-order valence-electron chi connectivity index (χ4n) is 3.90. The van der Waals surface area contributed by atoms with Crippen LogP contribution in [0.1, 0.15) is 31.8 Å². The summed E-state index contributed by atoms with van der Waals surface area (Å²) in [5, 5.41) is 4.33. The van der Waals surface area contributed by atoms with Crippen molar-refractivity contribution in [3.63, 3.8) is 0 Å². The Kier molecular flexibility index (Phi) is 7.01. The van der Waals surface area contributed by atoms with Crippen LogP contribution in [0, 0.1) is 0 Å². The van der Waals surface area contributed by atoms with Crippen LogP contribution in [0.5, 0.6) is 0 Å². The van der Waals surface area contributed by atoms with Crippen LogP contribution in [-0.4, -0.2) is 50.8 Å². The number of thiophene rings is 1. The summed E-state index contributed by atoms with van der Waals surface area (Å²) < 4.78 is 37.6. The van der Waals surface area contributed by atoms with Crippen molar-refractivity contribution in [2.45, 2.75) is 23.2 Å². The van der Waals surface area contributed by atoms with Crippen molar-refractivity contribution in [1.29, 1.82) is 0 Å². The van der Waals surface area contributed by atoms with E-state index in [4.69, 9.17) is 9.47 Å². The number of carbonyl (C=O) groups excluding carboxylic acids is 3. The van der Waals surface area contributed by atoms with Gasteiger partial charge in [-0.05, 0) is 47.2 Å². The number of fused-ring (bicyclic) bond motifs is 1. The molecule has 1 aromatic heterocycles. The Morgan fingerprint density at radius 3 is 2.14 bits per heavy atom. The third-order valence-electron chi connectivity index (χ3n) is 5.61. The van der Waals surface area contributed by atoms with Crippen molar-refractivity contribution in [1.82, 2.24) is 4.31 Å². The first-order valence-corrected chi connectivity index (χ1v) is 12.8. The Hall–Kier alpha value is -3.54. The third-order valence-corrected chi connectivity index (χ3v) is 8.84. The van der Waals surface area contributed by atoms with Gasteiger partial charge in [0.15, 0.2) is 0 Å². The molecule has 1 amide bonds. The van der Waals surface area contributed by atoms with Crippen LogP contribution in [0.15, 0.2) is 64.2 Å². The van der Waals surface area contributed by atoms with Gasteiger partial charge in [0, 0.05) is 12.2 Å². The van der Waals surface area contributed by atoms with Crippen LogP contribution >= 0.6 is 11.3 Å². The van der Waals surface area contributed by atoms with Gasteiger partial charge in [0.1, 0.15) is 10.3 Å². The zero-order chi connectivity index (χ0) is 25.2. The van der Waals surface area contributed by atoms with Gasteiger partial charge in [-0.25, -0.2) is 18.0 Å². The zero-order valence-corrected chi connectivity index (χ0v) is 20.5. The summed E-state index contributed by atoms with van der Waals surface area (Å²) in [5.41, 5.74) is 1.87. The zero-order valence-electron chi connectivity index (χ0n) is 18.9. The predicted molar refractivity (Wildman–Crippen MR) is 129 cm³/mol. The molecule has 11 heteroatoms. The molecule has 0 aliphatic carbocycles. The van der Waals surface area contributed by atoms with E-state index in [0.717, 1.165) is 22.5 Å². The molecular weight excluding hydrogens is 492 g/mol. The Morgan fingerprint density at radius 1 is 0.943 bits per heavy atom. The molecule has 0 saturated heterocycles. The number of nitrogens with one attached hydrogen (secondary N) is 1. The maximum atomic E-state index is 13.5. The minimum Gasteiger partial charge on any atom is -0.465 e. The average Bonchev–Trinajstić information content (AvgIpc) is 3.42. The van der Waals surface area contributed by atoms with Crippen LogP contribution in [0.3, 0.4) is 0 Å². The number of methoxy groups -OCH3 is 2. The summed E-state index contributed by atoms with van der Waals surface area (Å²) in [6, 6.07) is 13.4. The number of amides is 1. The molecule has 35 heavy (non-hydrogen) atoms. The van der Waals surface area contributed by atoms with Gasteiger partial charge < -0.3 is 14.8 Å². The average molecular weight is 515 g/mol. The highest BCUT2D eigenvalue weighted by Crippen LogP contribution is 2.31. The van der Waals surface area contributed by atoms with Crippen LogP contribution < -0.4 is 5.32 Å². The highest BCUT2D eigenvalue weighted by atomic mass is 32.2. The minimum absolute atomic E-state index is 0.0303. The van der Waals surface area contributed by atoms with E-state index >= 15 is 0 Å². The lowest BCUT2D eigenvalue weighted by Crippen LogP contribution is -2.50. The van der Waals surface area contributed by atoms with Gasteiger partial charge in [-0.1, -0.05) is 30.3 Å². The number of ether oxygens (including phenoxy) is 2. The summed E-state index contributed by atoms with van der Waals surface area (Å²) in [6.07, 6.45) is 0.160. The molecule has 1 aliphatic rings. The Morgan fingerprint density at radius 2 is 1.57 bits per heavy atom. The first kappa shape index (κ1) is 24.6. The fourth-order valence-corrected chi connectivity index (χ4v) is 6.58. The summed E-state index contributed by atoms with van der Waals surface area (Å²) in [4.78, 5) is 37.6. The Bertz CT molecular complexity index is 1350. The summed E-state index contributed by atoms with van der Waals surface area (Å²) in [5.74, 6) is -2.02. The van der Waals surface area contributed by atoms with Gasteiger partial charge >= 0.3 is 11.9 Å². The molecule has 2 aromatic carbocycles. The molecule has 0 radical (unpaired) electrons. The molecule has 1 unspecified atom stereocenters. The van der Waals surface area contributed by atoms with Gasteiger partial charge in [-0.3, -0.25) is 4.79 Å². The number of sulfonamides is 1. The lowest BCUT2D eigenvalue weighted by Gasteiger charge is -2.34. The monoisotopic (exact) mass is 514 g/mol. The topological polar surface area (TPSA) is 119 Å². The van der Waals surface area contributed by atoms with Crippen molar-refractivity contribution in [2.75, 3.05) is 19.5 Å². The largest absolute Gasteiger partial charge is 0.465 e. The van der Waals surface area contributed by atoms with Gasteiger partial charge in [-0.2, -0.15) is 4.31 Å². The molecule has 9 nitrogen and oxygen atoms in total. The lowest BCUT2D eigenvalue weighted by atomic mass is 9.95. The quantitative estimate of drug-likeness (QED) is 0.502. The molecule has 0 saturated carbocycles. The van der Waals surface area contributed by atoms with Crippen molar-refractivity contribution in [3.05, 3.63) is 82.2 Å². The summed E-state index contributed by atoms with van der Waals surface area (Å²) >= 11 is 1.07. The molecule has 182 valence electrons. The SMILES string of the molecule is COC(=O)c1cc(NC(=O)C2Cc3ccccc3CN2S(=O)(=O)c2cccs2)cc(C(=O)OC)c1. The van der Waals surface area contributed by atoms with E-state index < -0.39 is 33.9 Å². The van der Waals surface area contributed by atoms with Crippen molar-refractivity contribution in [2.24, 2.45) is 0 Å². The standard InChI is InChI=1S/C24H22N2O7S2/c1-32-23(28)17-10-18(24(29)33-2)12-19(11-17)25-22(27)20-13-15-6-3-4-7-16(15)14-26(20)35(30,31)21-8-5-9-34-21/h3-12,20H,13-14H2,1-2H3,(H,25,27).